The minimum atomic E-state index is -4.48. The van der Waals surface area contributed by atoms with Gasteiger partial charge in [0.1, 0.15) is 23.6 Å². The Hall–Kier alpha value is -2.19. The van der Waals surface area contributed by atoms with E-state index in [1.165, 1.54) is 19.9 Å². The summed E-state index contributed by atoms with van der Waals surface area (Å²) in [6.45, 7) is 1.21. The van der Waals surface area contributed by atoms with Gasteiger partial charge in [0.25, 0.3) is 0 Å². The van der Waals surface area contributed by atoms with E-state index in [1.807, 2.05) is 0 Å². The van der Waals surface area contributed by atoms with E-state index < -0.39 is 24.7 Å². The summed E-state index contributed by atoms with van der Waals surface area (Å²) in [6.07, 6.45) is -4.48. The summed E-state index contributed by atoms with van der Waals surface area (Å²) in [4.78, 5) is 23.0. The van der Waals surface area contributed by atoms with Crippen LogP contribution in [-0.2, 0) is 6.54 Å². The van der Waals surface area contributed by atoms with Crippen molar-refractivity contribution in [1.29, 1.82) is 0 Å². The molecule has 0 atom stereocenters. The van der Waals surface area contributed by atoms with Gasteiger partial charge in [-0.05, 0) is 19.9 Å². The molecule has 21 heavy (non-hydrogen) atoms. The number of alkyl halides is 3. The molecule has 1 rings (SSSR count). The second-order valence-electron chi connectivity index (χ2n) is 4.28. The maximum Gasteiger partial charge on any atom is 0.406 e. The van der Waals surface area contributed by atoms with Crippen molar-refractivity contribution < 1.29 is 32.3 Å². The molecule has 1 heterocycles. The minimum absolute atomic E-state index is 0.0538. The Morgan fingerprint density at radius 1 is 1.43 bits per heavy atom. The molecule has 0 unspecified atom stereocenters. The van der Waals surface area contributed by atoms with Crippen LogP contribution in [0.25, 0.3) is 0 Å². The third-order valence-corrected chi connectivity index (χ3v) is 2.65. The van der Waals surface area contributed by atoms with Crippen molar-refractivity contribution in [3.05, 3.63) is 23.2 Å². The molecule has 6 nitrogen and oxygen atoms in total. The van der Waals surface area contributed by atoms with Gasteiger partial charge in [0, 0.05) is 6.54 Å². The summed E-state index contributed by atoms with van der Waals surface area (Å²) >= 11 is 0. The molecule has 0 aromatic carbocycles. The van der Waals surface area contributed by atoms with Gasteiger partial charge in [-0.15, -0.1) is 0 Å². The van der Waals surface area contributed by atoms with E-state index in [4.69, 9.17) is 9.52 Å². The largest absolute Gasteiger partial charge is 0.478 e. The summed E-state index contributed by atoms with van der Waals surface area (Å²) in [5.74, 6) is -0.864. The van der Waals surface area contributed by atoms with E-state index >= 15 is 0 Å². The van der Waals surface area contributed by atoms with Gasteiger partial charge in [0.2, 0.25) is 0 Å². The van der Waals surface area contributed by atoms with Gasteiger partial charge in [-0.2, -0.15) is 13.2 Å². The molecule has 1 aromatic rings. The van der Waals surface area contributed by atoms with Gasteiger partial charge in [0.15, 0.2) is 0 Å². The zero-order chi connectivity index (χ0) is 16.2. The van der Waals surface area contributed by atoms with Crippen molar-refractivity contribution in [2.45, 2.75) is 26.6 Å². The van der Waals surface area contributed by atoms with Crippen molar-refractivity contribution in [3.8, 4) is 0 Å². The number of rotatable bonds is 5. The molecule has 0 bridgehead atoms. The van der Waals surface area contributed by atoms with Gasteiger partial charge in [-0.3, -0.25) is 0 Å². The number of amides is 2. The Labute approximate surface area is 118 Å². The molecule has 0 radical (unpaired) electrons. The number of carbonyl (C=O) groups excluding carboxylic acids is 1. The van der Waals surface area contributed by atoms with Gasteiger partial charge in [0.05, 0.1) is 6.54 Å². The first-order chi connectivity index (χ1) is 9.64. The van der Waals surface area contributed by atoms with Gasteiger partial charge < -0.3 is 19.7 Å². The number of nitrogens with zero attached hydrogens (tertiary/aromatic N) is 1. The first-order valence-electron chi connectivity index (χ1n) is 6.06. The predicted octanol–water partition coefficient (Wildman–Crippen LogP) is 2.38. The number of carbonyl (C=O) groups is 2. The summed E-state index contributed by atoms with van der Waals surface area (Å²) in [6, 6.07) is 0.318. The van der Waals surface area contributed by atoms with E-state index in [0.717, 1.165) is 0 Å². The number of carboxylic acids is 1. The van der Waals surface area contributed by atoms with Crippen LogP contribution in [0.4, 0.5) is 18.0 Å². The van der Waals surface area contributed by atoms with Crippen molar-refractivity contribution in [1.82, 2.24) is 10.2 Å². The van der Waals surface area contributed by atoms with E-state index in [9.17, 15) is 22.8 Å². The van der Waals surface area contributed by atoms with E-state index in [0.29, 0.717) is 4.90 Å². The lowest BCUT2D eigenvalue weighted by molar-refractivity contribution is -0.139. The van der Waals surface area contributed by atoms with E-state index in [2.05, 4.69) is 5.32 Å². The quantitative estimate of drug-likeness (QED) is 0.875. The third-order valence-electron chi connectivity index (χ3n) is 2.65. The van der Waals surface area contributed by atoms with Gasteiger partial charge in [-0.1, -0.05) is 0 Å². The Bertz CT molecular complexity index is 525. The molecule has 0 spiro atoms. The van der Waals surface area contributed by atoms with Crippen LogP contribution in [0.1, 0.15) is 28.8 Å². The van der Waals surface area contributed by atoms with Crippen LogP contribution >= 0.6 is 0 Å². The van der Waals surface area contributed by atoms with Gasteiger partial charge >= 0.3 is 18.2 Å². The highest BCUT2D eigenvalue weighted by molar-refractivity contribution is 5.88. The molecule has 9 heteroatoms. The minimum Gasteiger partial charge on any atom is -0.478 e. The highest BCUT2D eigenvalue weighted by Gasteiger charge is 2.32. The number of hydrogen-bond donors (Lipinski definition) is 2. The number of urea groups is 1. The molecule has 0 aliphatic rings. The molecule has 118 valence electrons. The number of halogens is 3. The number of aryl methyl sites for hydroxylation is 1. The molecular weight excluding hydrogens is 293 g/mol. The SMILES string of the molecule is CCN(CC(F)(F)F)C(=O)NCc1cc(C(=O)O)c(C)o1. The average molecular weight is 308 g/mol. The molecular formula is C12H15F3N2O4. The molecule has 2 N–H and O–H groups in total. The molecule has 0 fully saturated rings. The average Bonchev–Trinajstić information content (AvgIpc) is 2.73. The Morgan fingerprint density at radius 2 is 2.05 bits per heavy atom. The first-order valence-corrected chi connectivity index (χ1v) is 6.06. The molecule has 1 aromatic heterocycles. The molecule has 0 aliphatic heterocycles. The second kappa shape index (κ2) is 6.51. The van der Waals surface area contributed by atoms with Crippen LogP contribution in [0, 0.1) is 6.92 Å². The van der Waals surface area contributed by atoms with Gasteiger partial charge in [-0.25, -0.2) is 9.59 Å². The number of nitrogens with one attached hydrogen (secondary N) is 1. The molecule has 0 aliphatic carbocycles. The number of aromatic carboxylic acids is 1. The molecule has 0 saturated carbocycles. The summed E-state index contributed by atoms with van der Waals surface area (Å²) in [7, 11) is 0. The van der Waals surface area contributed by atoms with Crippen molar-refractivity contribution >= 4 is 12.0 Å². The Morgan fingerprint density at radius 3 is 2.48 bits per heavy atom. The lowest BCUT2D eigenvalue weighted by Crippen LogP contribution is -2.44. The Kier molecular flexibility index (Phi) is 5.23. The van der Waals surface area contributed by atoms with Crippen LogP contribution in [0.5, 0.6) is 0 Å². The molecule has 2 amide bonds. The lowest BCUT2D eigenvalue weighted by Gasteiger charge is -2.22. The standard InChI is InChI=1S/C12H15F3N2O4/c1-3-17(6-12(13,14)15)11(20)16-5-8-4-9(10(18)19)7(2)21-8/h4H,3,5-6H2,1-2H3,(H,16,20)(H,18,19). The smallest absolute Gasteiger partial charge is 0.406 e. The monoisotopic (exact) mass is 308 g/mol. The summed E-state index contributed by atoms with van der Waals surface area (Å²) < 4.78 is 41.9. The number of carboxylic acid groups (broad SMARTS) is 1. The van der Waals surface area contributed by atoms with E-state index in [1.54, 1.807) is 0 Å². The number of hydrogen-bond acceptors (Lipinski definition) is 3. The normalized spacial score (nSPS) is 11.3. The van der Waals surface area contributed by atoms with Crippen molar-refractivity contribution in [2.75, 3.05) is 13.1 Å². The topological polar surface area (TPSA) is 82.8 Å². The van der Waals surface area contributed by atoms with Crippen LogP contribution in [0.15, 0.2) is 10.5 Å². The summed E-state index contributed by atoms with van der Waals surface area (Å²) in [5.41, 5.74) is -0.0538. The van der Waals surface area contributed by atoms with Crippen LogP contribution in [0.2, 0.25) is 0 Å². The van der Waals surface area contributed by atoms with Crippen LogP contribution < -0.4 is 5.32 Å². The summed E-state index contributed by atoms with van der Waals surface area (Å²) in [5, 5.41) is 11.1. The Balaban J connectivity index is 2.63. The van der Waals surface area contributed by atoms with Crippen LogP contribution in [-0.4, -0.2) is 41.3 Å². The van der Waals surface area contributed by atoms with Crippen LogP contribution in [0.3, 0.4) is 0 Å². The maximum absolute atomic E-state index is 12.3. The zero-order valence-corrected chi connectivity index (χ0v) is 11.5. The zero-order valence-electron chi connectivity index (χ0n) is 11.5. The highest BCUT2D eigenvalue weighted by Crippen LogP contribution is 2.17. The van der Waals surface area contributed by atoms with Crippen molar-refractivity contribution in [2.24, 2.45) is 0 Å². The second-order valence-corrected chi connectivity index (χ2v) is 4.28. The fourth-order valence-electron chi connectivity index (χ4n) is 1.66. The lowest BCUT2D eigenvalue weighted by atomic mass is 10.2. The maximum atomic E-state index is 12.3. The predicted molar refractivity (Wildman–Crippen MR) is 65.9 cm³/mol. The molecule has 0 saturated heterocycles. The fraction of sp³-hybridized carbons (Fsp3) is 0.500. The number of furan rings is 1. The third kappa shape index (κ3) is 5.01. The fourth-order valence-corrected chi connectivity index (χ4v) is 1.66. The van der Waals surface area contributed by atoms with Crippen molar-refractivity contribution in [3.63, 3.8) is 0 Å². The highest BCUT2D eigenvalue weighted by atomic mass is 19.4. The van der Waals surface area contributed by atoms with E-state index in [-0.39, 0.29) is 30.2 Å². The first kappa shape index (κ1) is 16.9.